The Hall–Kier alpha value is -1.11. The van der Waals surface area contributed by atoms with Crippen molar-refractivity contribution in [3.8, 4) is 0 Å². The molecule has 2 rings (SSSR count). The van der Waals surface area contributed by atoms with Gasteiger partial charge in [-0.1, -0.05) is 20.8 Å². The number of hydrogen-bond donors (Lipinski definition) is 3. The fourth-order valence-electron chi connectivity index (χ4n) is 2.26. The maximum Gasteiger partial charge on any atom is 0.227 e. The number of nitrogens with one attached hydrogen (secondary N) is 3. The molecule has 1 unspecified atom stereocenters. The largest absolute Gasteiger partial charge is 0.378 e. The van der Waals surface area contributed by atoms with E-state index in [0.717, 1.165) is 18.7 Å². The highest BCUT2D eigenvalue weighted by Gasteiger charge is 2.18. The Morgan fingerprint density at radius 1 is 1.52 bits per heavy atom. The predicted octanol–water partition coefficient (Wildman–Crippen LogP) is 1.74. The van der Waals surface area contributed by atoms with Crippen LogP contribution in [-0.2, 0) is 16.0 Å². The zero-order valence-corrected chi connectivity index (χ0v) is 13.7. The molecular weight excluding hydrogens is 292 g/mol. The van der Waals surface area contributed by atoms with Gasteiger partial charge in [0.05, 0.1) is 13.2 Å². The van der Waals surface area contributed by atoms with Gasteiger partial charge in [-0.2, -0.15) is 5.10 Å². The number of aromatic amines is 1. The van der Waals surface area contributed by atoms with Crippen LogP contribution in [-0.4, -0.2) is 41.9 Å². The van der Waals surface area contributed by atoms with Gasteiger partial charge in [0.2, 0.25) is 5.91 Å². The molecule has 0 radical (unpaired) electrons. The summed E-state index contributed by atoms with van der Waals surface area (Å²) in [5.74, 6) is 0.549. The van der Waals surface area contributed by atoms with Crippen LogP contribution in [0.25, 0.3) is 0 Å². The van der Waals surface area contributed by atoms with Crippen LogP contribution in [0.15, 0.2) is 6.07 Å². The van der Waals surface area contributed by atoms with Gasteiger partial charge in [-0.05, 0) is 11.8 Å². The second-order valence-electron chi connectivity index (χ2n) is 6.49. The van der Waals surface area contributed by atoms with Crippen LogP contribution < -0.4 is 10.6 Å². The fraction of sp³-hybridized carbons (Fsp3) is 0.714. The molecule has 6 nitrogen and oxygen atoms in total. The molecule has 2 heterocycles. The number of amides is 1. The summed E-state index contributed by atoms with van der Waals surface area (Å²) in [6, 6.07) is 1.99. The summed E-state index contributed by atoms with van der Waals surface area (Å²) in [4.78, 5) is 11.9. The standard InChI is InChI=1S/C14H24N4O2.ClH/c1-14(2,3)8-10-6-12(18-17-10)16-13(19)7-11-9-20-5-4-15-11;/h6,11,15H,4-5,7-9H2,1-3H3,(H2,16,17,18,19);1H. The molecule has 1 saturated heterocycles. The quantitative estimate of drug-likeness (QED) is 0.790. The molecule has 7 heteroatoms. The number of H-pyrrole nitrogens is 1. The number of aromatic nitrogens is 2. The molecule has 1 aliphatic rings. The Balaban J connectivity index is 0.00000220. The lowest BCUT2D eigenvalue weighted by Crippen LogP contribution is -2.43. The van der Waals surface area contributed by atoms with Gasteiger partial charge in [0, 0.05) is 30.8 Å². The molecule has 0 aliphatic carbocycles. The molecular formula is C14H25ClN4O2. The maximum absolute atomic E-state index is 11.9. The lowest BCUT2D eigenvalue weighted by atomic mass is 9.91. The van der Waals surface area contributed by atoms with E-state index in [2.05, 4.69) is 41.6 Å². The minimum Gasteiger partial charge on any atom is -0.378 e. The summed E-state index contributed by atoms with van der Waals surface area (Å²) >= 11 is 0. The number of rotatable bonds is 4. The van der Waals surface area contributed by atoms with Crippen molar-refractivity contribution < 1.29 is 9.53 Å². The molecule has 3 N–H and O–H groups in total. The van der Waals surface area contributed by atoms with Gasteiger partial charge in [0.25, 0.3) is 0 Å². The smallest absolute Gasteiger partial charge is 0.227 e. The zero-order valence-electron chi connectivity index (χ0n) is 12.9. The highest BCUT2D eigenvalue weighted by Crippen LogP contribution is 2.20. The predicted molar refractivity (Wildman–Crippen MR) is 84.9 cm³/mol. The lowest BCUT2D eigenvalue weighted by Gasteiger charge is -2.22. The fourth-order valence-corrected chi connectivity index (χ4v) is 2.26. The summed E-state index contributed by atoms with van der Waals surface area (Å²) in [6.07, 6.45) is 1.30. The van der Waals surface area contributed by atoms with E-state index < -0.39 is 0 Å². The van der Waals surface area contributed by atoms with Gasteiger partial charge >= 0.3 is 0 Å². The SMILES string of the molecule is CC(C)(C)Cc1cc(NC(=O)CC2COCCN2)n[nH]1.Cl. The summed E-state index contributed by atoms with van der Waals surface area (Å²) in [7, 11) is 0. The Morgan fingerprint density at radius 3 is 2.90 bits per heavy atom. The summed E-state index contributed by atoms with van der Waals surface area (Å²) < 4.78 is 5.33. The van der Waals surface area contributed by atoms with Crippen molar-refractivity contribution in [2.45, 2.75) is 39.7 Å². The van der Waals surface area contributed by atoms with Crippen molar-refractivity contribution >= 4 is 24.1 Å². The minimum atomic E-state index is -0.0400. The Labute approximate surface area is 131 Å². The van der Waals surface area contributed by atoms with Crippen molar-refractivity contribution in [1.29, 1.82) is 0 Å². The van der Waals surface area contributed by atoms with Crippen LogP contribution in [0.3, 0.4) is 0 Å². The van der Waals surface area contributed by atoms with Crippen molar-refractivity contribution in [3.05, 3.63) is 11.8 Å². The molecule has 0 bridgehead atoms. The molecule has 21 heavy (non-hydrogen) atoms. The van der Waals surface area contributed by atoms with Crippen LogP contribution in [0.1, 0.15) is 32.9 Å². The van der Waals surface area contributed by atoms with E-state index in [4.69, 9.17) is 4.74 Å². The monoisotopic (exact) mass is 316 g/mol. The number of ether oxygens (including phenoxy) is 1. The van der Waals surface area contributed by atoms with Gasteiger partial charge in [0.1, 0.15) is 0 Å². The second kappa shape index (κ2) is 7.77. The van der Waals surface area contributed by atoms with Crippen LogP contribution in [0.2, 0.25) is 0 Å². The molecule has 1 atom stereocenters. The molecule has 0 spiro atoms. The van der Waals surface area contributed by atoms with E-state index in [0.29, 0.717) is 25.5 Å². The highest BCUT2D eigenvalue weighted by molar-refractivity contribution is 5.90. The average molecular weight is 317 g/mol. The molecule has 120 valence electrons. The lowest BCUT2D eigenvalue weighted by molar-refractivity contribution is -0.117. The number of anilines is 1. The number of morpholine rings is 1. The molecule has 0 aromatic carbocycles. The summed E-state index contributed by atoms with van der Waals surface area (Å²) in [5.41, 5.74) is 1.23. The van der Waals surface area contributed by atoms with Crippen LogP contribution in [0, 0.1) is 5.41 Å². The summed E-state index contributed by atoms with van der Waals surface area (Å²) in [5, 5.41) is 13.2. The topological polar surface area (TPSA) is 79.0 Å². The number of hydrogen-bond acceptors (Lipinski definition) is 4. The van der Waals surface area contributed by atoms with Gasteiger partial charge in [-0.3, -0.25) is 9.89 Å². The highest BCUT2D eigenvalue weighted by atomic mass is 35.5. The third-order valence-electron chi connectivity index (χ3n) is 3.05. The first-order chi connectivity index (χ1) is 9.42. The summed E-state index contributed by atoms with van der Waals surface area (Å²) in [6.45, 7) is 8.61. The number of carbonyl (C=O) groups excluding carboxylic acids is 1. The van der Waals surface area contributed by atoms with E-state index >= 15 is 0 Å². The number of halogens is 1. The van der Waals surface area contributed by atoms with E-state index in [-0.39, 0.29) is 29.8 Å². The first kappa shape index (κ1) is 17.9. The Kier molecular flexibility index (Phi) is 6.64. The first-order valence-corrected chi connectivity index (χ1v) is 7.08. The molecule has 0 saturated carbocycles. The minimum absolute atomic E-state index is 0. The van der Waals surface area contributed by atoms with Crippen LogP contribution in [0.4, 0.5) is 5.82 Å². The number of carbonyl (C=O) groups is 1. The first-order valence-electron chi connectivity index (χ1n) is 7.08. The Bertz CT molecular complexity index is 450. The van der Waals surface area contributed by atoms with E-state index in [1.807, 2.05) is 6.07 Å². The van der Waals surface area contributed by atoms with Crippen molar-refractivity contribution in [3.63, 3.8) is 0 Å². The van der Waals surface area contributed by atoms with Gasteiger partial charge in [-0.25, -0.2) is 0 Å². The van der Waals surface area contributed by atoms with Crippen LogP contribution in [0.5, 0.6) is 0 Å². The molecule has 1 aromatic rings. The Morgan fingerprint density at radius 2 is 2.29 bits per heavy atom. The molecule has 1 fully saturated rings. The van der Waals surface area contributed by atoms with E-state index in [1.54, 1.807) is 0 Å². The molecule has 1 amide bonds. The second-order valence-corrected chi connectivity index (χ2v) is 6.49. The number of nitrogens with zero attached hydrogens (tertiary/aromatic N) is 1. The molecule has 1 aromatic heterocycles. The van der Waals surface area contributed by atoms with Crippen molar-refractivity contribution in [2.75, 3.05) is 25.1 Å². The zero-order chi connectivity index (χ0) is 14.6. The average Bonchev–Trinajstić information content (AvgIpc) is 2.75. The third kappa shape index (κ3) is 6.46. The van der Waals surface area contributed by atoms with E-state index in [1.165, 1.54) is 0 Å². The van der Waals surface area contributed by atoms with E-state index in [9.17, 15) is 4.79 Å². The van der Waals surface area contributed by atoms with Crippen molar-refractivity contribution in [2.24, 2.45) is 5.41 Å². The maximum atomic E-state index is 11.9. The van der Waals surface area contributed by atoms with Gasteiger partial charge in [-0.15, -0.1) is 12.4 Å². The van der Waals surface area contributed by atoms with Crippen molar-refractivity contribution in [1.82, 2.24) is 15.5 Å². The third-order valence-corrected chi connectivity index (χ3v) is 3.05. The molecule has 1 aliphatic heterocycles. The van der Waals surface area contributed by atoms with Crippen LogP contribution >= 0.6 is 12.4 Å². The van der Waals surface area contributed by atoms with Gasteiger partial charge in [0.15, 0.2) is 5.82 Å². The van der Waals surface area contributed by atoms with Gasteiger partial charge < -0.3 is 15.4 Å². The normalized spacial score (nSPS) is 18.9.